The van der Waals surface area contributed by atoms with Gasteiger partial charge in [0.1, 0.15) is 17.2 Å². The molecule has 7 rings (SSSR count). The van der Waals surface area contributed by atoms with Gasteiger partial charge in [-0.05, 0) is 71.5 Å². The molecule has 3 aliphatic rings. The van der Waals surface area contributed by atoms with Crippen LogP contribution in [0.1, 0.15) is 45.2 Å². The van der Waals surface area contributed by atoms with Crippen molar-refractivity contribution in [2.75, 3.05) is 19.7 Å². The van der Waals surface area contributed by atoms with Crippen molar-refractivity contribution >= 4 is 11.8 Å². The molecule has 10 nitrogen and oxygen atoms in total. The molecule has 226 valence electrons. The fraction of sp³-hybridized carbons (Fsp3) is 0.273. The minimum absolute atomic E-state index is 0.00464. The Balaban J connectivity index is 1.45. The number of hydrogen-bond acceptors (Lipinski definition) is 6. The van der Waals surface area contributed by atoms with Crippen molar-refractivity contribution in [1.29, 1.82) is 0 Å². The molecule has 0 saturated carbocycles. The number of fused-ring (bicyclic) bond motifs is 7. The maximum atomic E-state index is 14.8. The van der Waals surface area contributed by atoms with E-state index in [-0.39, 0.29) is 30.3 Å². The normalized spacial score (nSPS) is 16.6. The van der Waals surface area contributed by atoms with Crippen LogP contribution in [0.25, 0.3) is 0 Å². The van der Waals surface area contributed by atoms with Gasteiger partial charge < -0.3 is 19.7 Å². The van der Waals surface area contributed by atoms with Gasteiger partial charge in [-0.25, -0.2) is 9.18 Å². The van der Waals surface area contributed by atoms with Crippen molar-refractivity contribution < 1.29 is 23.5 Å². The zero-order valence-corrected chi connectivity index (χ0v) is 24.3. The van der Waals surface area contributed by atoms with Gasteiger partial charge in [0.15, 0.2) is 11.6 Å². The SMILES string of the molecule is Cn1c(C(=O)N2CCc3cc4ccc3C2c2cccc(c2)OCCCNC(=O)Cc2ccc(F)c(c2)O4)cc(=O)n(C)c1=O. The summed E-state index contributed by atoms with van der Waals surface area (Å²) in [5.41, 5.74) is 1.93. The average molecular weight is 599 g/mol. The Morgan fingerprint density at radius 1 is 0.955 bits per heavy atom. The van der Waals surface area contributed by atoms with E-state index < -0.39 is 29.0 Å². The lowest BCUT2D eigenvalue weighted by atomic mass is 9.87. The van der Waals surface area contributed by atoms with Crippen molar-refractivity contribution in [3.63, 3.8) is 0 Å². The molecule has 0 aliphatic carbocycles. The van der Waals surface area contributed by atoms with Gasteiger partial charge in [-0.2, -0.15) is 0 Å². The molecule has 1 unspecified atom stereocenters. The van der Waals surface area contributed by atoms with Gasteiger partial charge in [-0.1, -0.05) is 24.3 Å². The Bertz CT molecular complexity index is 1900. The highest BCUT2D eigenvalue weighted by Crippen LogP contribution is 2.39. The van der Waals surface area contributed by atoms with E-state index in [1.165, 1.54) is 36.9 Å². The summed E-state index contributed by atoms with van der Waals surface area (Å²) in [5, 5.41) is 2.86. The first-order valence-corrected chi connectivity index (χ1v) is 14.4. The zero-order valence-electron chi connectivity index (χ0n) is 24.3. The summed E-state index contributed by atoms with van der Waals surface area (Å²) in [7, 11) is 2.83. The van der Waals surface area contributed by atoms with Gasteiger partial charge in [0.2, 0.25) is 5.91 Å². The van der Waals surface area contributed by atoms with E-state index in [4.69, 9.17) is 9.47 Å². The van der Waals surface area contributed by atoms with Crippen molar-refractivity contribution in [1.82, 2.24) is 19.4 Å². The number of rotatable bonds is 1. The van der Waals surface area contributed by atoms with E-state index in [1.807, 2.05) is 36.4 Å². The van der Waals surface area contributed by atoms with Crippen LogP contribution in [0.15, 0.2) is 76.3 Å². The second-order valence-corrected chi connectivity index (χ2v) is 10.9. The first-order valence-electron chi connectivity index (χ1n) is 14.4. The standard InChI is InChI=1S/C33H31FN4O6/c1-36-27(19-30(40)37(2)33(36)42)32(41)38-13-11-21-17-24-8-9-25(21)31(38)22-5-3-6-23(18-22)43-14-4-12-35-29(39)16-20-7-10-26(34)28(15-20)44-24/h3,5-10,15,17-19,31H,4,11-14,16H2,1-2H3,(H,35,39). The summed E-state index contributed by atoms with van der Waals surface area (Å²) in [6, 6.07) is 17.8. The monoisotopic (exact) mass is 598 g/mol. The van der Waals surface area contributed by atoms with Crippen LogP contribution in [0.4, 0.5) is 4.39 Å². The molecule has 0 saturated heterocycles. The summed E-state index contributed by atoms with van der Waals surface area (Å²) in [6.07, 6.45) is 1.09. The van der Waals surface area contributed by atoms with Crippen LogP contribution in [0.5, 0.6) is 17.2 Å². The highest BCUT2D eigenvalue weighted by atomic mass is 19.1. The van der Waals surface area contributed by atoms with Crippen molar-refractivity contribution in [2.24, 2.45) is 14.1 Å². The van der Waals surface area contributed by atoms with E-state index in [2.05, 4.69) is 5.32 Å². The smallest absolute Gasteiger partial charge is 0.331 e. The molecule has 3 aliphatic heterocycles. The zero-order chi connectivity index (χ0) is 31.0. The highest BCUT2D eigenvalue weighted by molar-refractivity contribution is 5.93. The van der Waals surface area contributed by atoms with E-state index in [0.29, 0.717) is 43.1 Å². The number of benzene rings is 3. The van der Waals surface area contributed by atoms with Gasteiger partial charge >= 0.3 is 5.69 Å². The summed E-state index contributed by atoms with van der Waals surface area (Å²) in [5.74, 6) is -0.199. The molecule has 8 bridgehead atoms. The molecule has 11 heteroatoms. The number of carbonyl (C=O) groups is 2. The number of carbonyl (C=O) groups excluding carboxylic acids is 2. The van der Waals surface area contributed by atoms with Crippen LogP contribution in [0, 0.1) is 5.82 Å². The van der Waals surface area contributed by atoms with Crippen molar-refractivity contribution in [3.8, 4) is 17.2 Å². The van der Waals surface area contributed by atoms with Crippen molar-refractivity contribution in [3.05, 3.63) is 121 Å². The topological polar surface area (TPSA) is 112 Å². The van der Waals surface area contributed by atoms with Crippen LogP contribution in [-0.4, -0.2) is 45.5 Å². The number of nitrogens with one attached hydrogen (secondary N) is 1. The molecule has 4 heterocycles. The third-order valence-corrected chi connectivity index (χ3v) is 8.02. The van der Waals surface area contributed by atoms with Crippen LogP contribution in [0.2, 0.25) is 0 Å². The van der Waals surface area contributed by atoms with Gasteiger partial charge in [0.25, 0.3) is 11.5 Å². The summed E-state index contributed by atoms with van der Waals surface area (Å²) < 4.78 is 28.9. The van der Waals surface area contributed by atoms with Crippen LogP contribution >= 0.6 is 0 Å². The maximum absolute atomic E-state index is 14.8. The Kier molecular flexibility index (Phi) is 7.77. The Morgan fingerprint density at radius 2 is 1.80 bits per heavy atom. The molecule has 2 amide bonds. The van der Waals surface area contributed by atoms with Crippen LogP contribution in [-0.2, 0) is 31.7 Å². The second kappa shape index (κ2) is 11.8. The third kappa shape index (κ3) is 5.60. The lowest BCUT2D eigenvalue weighted by Gasteiger charge is -2.38. The second-order valence-electron chi connectivity index (χ2n) is 10.9. The quantitative estimate of drug-likeness (QED) is 0.360. The lowest BCUT2D eigenvalue weighted by Crippen LogP contribution is -2.45. The minimum Gasteiger partial charge on any atom is -0.494 e. The molecular formula is C33H31FN4O6. The molecule has 1 N–H and O–H groups in total. The van der Waals surface area contributed by atoms with Gasteiger partial charge in [0.05, 0.1) is 19.1 Å². The molecule has 3 aromatic carbocycles. The van der Waals surface area contributed by atoms with Crippen molar-refractivity contribution in [2.45, 2.75) is 25.3 Å². The minimum atomic E-state index is -0.594. The summed E-state index contributed by atoms with van der Waals surface area (Å²) in [4.78, 5) is 53.4. The predicted molar refractivity (Wildman–Crippen MR) is 160 cm³/mol. The lowest BCUT2D eigenvalue weighted by molar-refractivity contribution is -0.120. The van der Waals surface area contributed by atoms with Gasteiger partial charge in [-0.3, -0.25) is 23.5 Å². The predicted octanol–water partition coefficient (Wildman–Crippen LogP) is 3.24. The molecule has 0 spiro atoms. The Labute approximate surface area is 252 Å². The molecule has 44 heavy (non-hydrogen) atoms. The number of nitrogens with zero attached hydrogens (tertiary/aromatic N) is 3. The Morgan fingerprint density at radius 3 is 2.64 bits per heavy atom. The van der Waals surface area contributed by atoms with E-state index in [0.717, 1.165) is 21.3 Å². The van der Waals surface area contributed by atoms with E-state index >= 15 is 0 Å². The fourth-order valence-electron chi connectivity index (χ4n) is 5.71. The fourth-order valence-corrected chi connectivity index (χ4v) is 5.71. The summed E-state index contributed by atoms with van der Waals surface area (Å²) in [6.45, 7) is 1.03. The maximum Gasteiger partial charge on any atom is 0.331 e. The molecule has 1 atom stereocenters. The van der Waals surface area contributed by atoms with Gasteiger partial charge in [0, 0.05) is 33.3 Å². The third-order valence-electron chi connectivity index (χ3n) is 8.02. The highest BCUT2D eigenvalue weighted by Gasteiger charge is 2.34. The number of halogens is 1. The first-order chi connectivity index (χ1) is 21.2. The van der Waals surface area contributed by atoms with E-state index in [1.54, 1.807) is 17.0 Å². The number of hydrogen-bond donors (Lipinski definition) is 1. The number of amides is 2. The van der Waals surface area contributed by atoms with Crippen LogP contribution in [0.3, 0.4) is 0 Å². The molecule has 0 radical (unpaired) electrons. The number of aromatic nitrogens is 2. The van der Waals surface area contributed by atoms with Gasteiger partial charge in [-0.15, -0.1) is 0 Å². The molecule has 1 aromatic heterocycles. The molecule has 0 fully saturated rings. The van der Waals surface area contributed by atoms with E-state index in [9.17, 15) is 23.6 Å². The molecule has 4 aromatic rings. The first kappa shape index (κ1) is 28.9. The average Bonchev–Trinajstić information content (AvgIpc) is 3.02. The van der Waals surface area contributed by atoms with Crippen LogP contribution < -0.4 is 26.0 Å². The number of ether oxygens (including phenoxy) is 2. The largest absolute Gasteiger partial charge is 0.494 e. The Hall–Kier alpha value is -5.19. The molecular weight excluding hydrogens is 567 g/mol. The summed E-state index contributed by atoms with van der Waals surface area (Å²) >= 11 is 0.